The molecular formula is C18H25N3O2. The van der Waals surface area contributed by atoms with Crippen LogP contribution in [0, 0.1) is 5.92 Å². The van der Waals surface area contributed by atoms with Gasteiger partial charge in [0.1, 0.15) is 0 Å². The van der Waals surface area contributed by atoms with E-state index in [1.165, 1.54) is 19.3 Å². The van der Waals surface area contributed by atoms with Crippen LogP contribution in [-0.4, -0.2) is 40.8 Å². The Hall–Kier alpha value is -1.91. The van der Waals surface area contributed by atoms with Crippen LogP contribution in [0.15, 0.2) is 24.5 Å². The lowest BCUT2D eigenvalue weighted by atomic mass is 9.92. The average molecular weight is 315 g/mol. The highest BCUT2D eigenvalue weighted by molar-refractivity contribution is 5.94. The van der Waals surface area contributed by atoms with Crippen molar-refractivity contribution in [1.29, 1.82) is 0 Å². The van der Waals surface area contributed by atoms with Gasteiger partial charge in [-0.25, -0.2) is 0 Å². The van der Waals surface area contributed by atoms with Gasteiger partial charge in [0.25, 0.3) is 5.91 Å². The number of hydrogen-bond donors (Lipinski definition) is 1. The van der Waals surface area contributed by atoms with Gasteiger partial charge in [0.05, 0.1) is 5.56 Å². The van der Waals surface area contributed by atoms with Crippen LogP contribution in [0.3, 0.4) is 0 Å². The maximum atomic E-state index is 12.4. The predicted molar refractivity (Wildman–Crippen MR) is 87.9 cm³/mol. The van der Waals surface area contributed by atoms with Crippen molar-refractivity contribution in [1.82, 2.24) is 15.2 Å². The number of nitrogens with one attached hydrogen (secondary N) is 1. The van der Waals surface area contributed by atoms with Gasteiger partial charge in [0.2, 0.25) is 5.91 Å². The highest BCUT2D eigenvalue weighted by atomic mass is 16.2. The molecule has 1 N–H and O–H groups in total. The molecule has 0 unspecified atom stereocenters. The fourth-order valence-corrected chi connectivity index (χ4v) is 3.58. The standard InChI is InChI=1S/C18H25N3O2/c22-17(20-16-6-2-1-3-7-16)14-8-11-21(12-9-14)18(23)15-5-4-10-19-13-15/h4-5,10,13-14,16H,1-3,6-9,11-12H2,(H,20,22). The molecule has 0 radical (unpaired) electrons. The maximum Gasteiger partial charge on any atom is 0.255 e. The van der Waals surface area contributed by atoms with E-state index in [2.05, 4.69) is 10.3 Å². The molecule has 0 spiro atoms. The van der Waals surface area contributed by atoms with E-state index in [0.717, 1.165) is 25.7 Å². The van der Waals surface area contributed by atoms with Crippen LogP contribution in [0.5, 0.6) is 0 Å². The van der Waals surface area contributed by atoms with Crippen LogP contribution >= 0.6 is 0 Å². The number of likely N-dealkylation sites (tertiary alicyclic amines) is 1. The second kappa shape index (κ2) is 7.57. The van der Waals surface area contributed by atoms with Crippen molar-refractivity contribution < 1.29 is 9.59 Å². The molecule has 1 aliphatic heterocycles. The lowest BCUT2D eigenvalue weighted by Crippen LogP contribution is -2.45. The zero-order valence-electron chi connectivity index (χ0n) is 13.5. The zero-order chi connectivity index (χ0) is 16.1. The summed E-state index contributed by atoms with van der Waals surface area (Å²) in [5.74, 6) is 0.254. The summed E-state index contributed by atoms with van der Waals surface area (Å²) < 4.78 is 0. The largest absolute Gasteiger partial charge is 0.353 e. The summed E-state index contributed by atoms with van der Waals surface area (Å²) in [4.78, 5) is 30.6. The average Bonchev–Trinajstić information content (AvgIpc) is 2.63. The molecule has 3 rings (SSSR count). The van der Waals surface area contributed by atoms with E-state index < -0.39 is 0 Å². The molecule has 2 fully saturated rings. The Kier molecular flexibility index (Phi) is 5.26. The molecule has 1 saturated carbocycles. The molecule has 0 atom stereocenters. The lowest BCUT2D eigenvalue weighted by molar-refractivity contribution is -0.127. The Morgan fingerprint density at radius 2 is 1.83 bits per heavy atom. The number of carbonyl (C=O) groups excluding carboxylic acids is 2. The maximum absolute atomic E-state index is 12.4. The first-order chi connectivity index (χ1) is 11.2. The normalized spacial score (nSPS) is 20.3. The molecule has 0 aromatic carbocycles. The second-order valence-electron chi connectivity index (χ2n) is 6.65. The number of piperidine rings is 1. The van der Waals surface area contributed by atoms with Crippen molar-refractivity contribution in [2.24, 2.45) is 5.92 Å². The van der Waals surface area contributed by atoms with Gasteiger partial charge in [-0.1, -0.05) is 19.3 Å². The molecular weight excluding hydrogens is 290 g/mol. The molecule has 2 heterocycles. The topological polar surface area (TPSA) is 62.3 Å². The molecule has 2 aliphatic rings. The summed E-state index contributed by atoms with van der Waals surface area (Å²) in [7, 11) is 0. The number of pyridine rings is 1. The van der Waals surface area contributed by atoms with E-state index in [1.807, 2.05) is 4.90 Å². The monoisotopic (exact) mass is 315 g/mol. The van der Waals surface area contributed by atoms with Gasteiger partial charge >= 0.3 is 0 Å². The van der Waals surface area contributed by atoms with Gasteiger partial charge in [-0.2, -0.15) is 0 Å². The first-order valence-electron chi connectivity index (χ1n) is 8.74. The van der Waals surface area contributed by atoms with Crippen molar-refractivity contribution in [3.8, 4) is 0 Å². The molecule has 2 amide bonds. The molecule has 124 valence electrons. The molecule has 1 aliphatic carbocycles. The Balaban J connectivity index is 1.48. The Morgan fingerprint density at radius 3 is 2.48 bits per heavy atom. The number of aromatic nitrogens is 1. The summed E-state index contributed by atoms with van der Waals surface area (Å²) in [5, 5.41) is 3.21. The second-order valence-corrected chi connectivity index (χ2v) is 6.65. The Bertz CT molecular complexity index is 532. The fourth-order valence-electron chi connectivity index (χ4n) is 3.58. The van der Waals surface area contributed by atoms with Crippen molar-refractivity contribution in [3.63, 3.8) is 0 Å². The van der Waals surface area contributed by atoms with E-state index in [1.54, 1.807) is 24.5 Å². The summed E-state index contributed by atoms with van der Waals surface area (Å²) in [6.45, 7) is 1.30. The Labute approximate surface area is 137 Å². The summed E-state index contributed by atoms with van der Waals surface area (Å²) >= 11 is 0. The molecule has 23 heavy (non-hydrogen) atoms. The predicted octanol–water partition coefficient (Wildman–Crippen LogP) is 2.38. The lowest BCUT2D eigenvalue weighted by Gasteiger charge is -2.32. The van der Waals surface area contributed by atoms with Gasteiger partial charge in [-0.05, 0) is 37.8 Å². The number of nitrogens with zero attached hydrogens (tertiary/aromatic N) is 2. The SMILES string of the molecule is O=C(NC1CCCCC1)C1CCN(C(=O)c2cccnc2)CC1. The van der Waals surface area contributed by atoms with Crippen LogP contribution < -0.4 is 5.32 Å². The van der Waals surface area contributed by atoms with E-state index in [4.69, 9.17) is 0 Å². The minimum atomic E-state index is 0.0178. The van der Waals surface area contributed by atoms with E-state index in [9.17, 15) is 9.59 Å². The van der Waals surface area contributed by atoms with Crippen molar-refractivity contribution in [2.75, 3.05) is 13.1 Å². The zero-order valence-corrected chi connectivity index (χ0v) is 13.5. The molecule has 5 heteroatoms. The fraction of sp³-hybridized carbons (Fsp3) is 0.611. The highest BCUT2D eigenvalue weighted by Gasteiger charge is 2.29. The Morgan fingerprint density at radius 1 is 1.09 bits per heavy atom. The minimum absolute atomic E-state index is 0.0178. The van der Waals surface area contributed by atoms with Crippen LogP contribution in [0.2, 0.25) is 0 Å². The van der Waals surface area contributed by atoms with Crippen molar-refractivity contribution in [2.45, 2.75) is 51.0 Å². The van der Waals surface area contributed by atoms with Gasteiger partial charge in [-0.15, -0.1) is 0 Å². The molecule has 1 saturated heterocycles. The van der Waals surface area contributed by atoms with Crippen LogP contribution in [0.1, 0.15) is 55.3 Å². The number of rotatable bonds is 3. The molecule has 5 nitrogen and oxygen atoms in total. The summed E-state index contributed by atoms with van der Waals surface area (Å²) in [5.41, 5.74) is 0.623. The van der Waals surface area contributed by atoms with Crippen LogP contribution in [0.25, 0.3) is 0 Å². The number of carbonyl (C=O) groups is 2. The smallest absolute Gasteiger partial charge is 0.255 e. The quantitative estimate of drug-likeness (QED) is 0.931. The summed E-state index contributed by atoms with van der Waals surface area (Å²) in [6.07, 6.45) is 10.7. The van der Waals surface area contributed by atoms with E-state index in [0.29, 0.717) is 24.7 Å². The third-order valence-corrected chi connectivity index (χ3v) is 5.01. The van der Waals surface area contributed by atoms with Gasteiger partial charge in [0, 0.05) is 37.4 Å². The van der Waals surface area contributed by atoms with Crippen LogP contribution in [0.4, 0.5) is 0 Å². The van der Waals surface area contributed by atoms with Gasteiger partial charge in [0.15, 0.2) is 0 Å². The van der Waals surface area contributed by atoms with E-state index in [-0.39, 0.29) is 17.7 Å². The molecule has 1 aromatic heterocycles. The van der Waals surface area contributed by atoms with Gasteiger partial charge < -0.3 is 10.2 Å². The number of amides is 2. The first kappa shape index (κ1) is 16.0. The highest BCUT2D eigenvalue weighted by Crippen LogP contribution is 2.22. The molecule has 0 bridgehead atoms. The molecule has 1 aromatic rings. The first-order valence-corrected chi connectivity index (χ1v) is 8.74. The third kappa shape index (κ3) is 4.09. The third-order valence-electron chi connectivity index (χ3n) is 5.01. The minimum Gasteiger partial charge on any atom is -0.353 e. The van der Waals surface area contributed by atoms with Crippen molar-refractivity contribution in [3.05, 3.63) is 30.1 Å². The van der Waals surface area contributed by atoms with E-state index >= 15 is 0 Å². The van der Waals surface area contributed by atoms with Crippen molar-refractivity contribution >= 4 is 11.8 Å². The summed E-state index contributed by atoms with van der Waals surface area (Å²) in [6, 6.07) is 3.93. The van der Waals surface area contributed by atoms with Crippen LogP contribution in [-0.2, 0) is 4.79 Å². The number of hydrogen-bond acceptors (Lipinski definition) is 3. The van der Waals surface area contributed by atoms with Gasteiger partial charge in [-0.3, -0.25) is 14.6 Å².